The summed E-state index contributed by atoms with van der Waals surface area (Å²) in [6.07, 6.45) is 0. The number of benzene rings is 3. The Morgan fingerprint density at radius 1 is 0.943 bits per heavy atom. The van der Waals surface area contributed by atoms with Crippen molar-refractivity contribution in [3.8, 4) is 11.4 Å². The van der Waals surface area contributed by atoms with Crippen molar-refractivity contribution in [2.75, 3.05) is 0 Å². The first-order valence-electron chi connectivity index (χ1n) is 10.8. The molecule has 4 aromatic rings. The monoisotopic (exact) mass is 492 g/mol. The minimum atomic E-state index is -0.552. The summed E-state index contributed by atoms with van der Waals surface area (Å²) >= 11 is 5.65. The van der Waals surface area contributed by atoms with Crippen LogP contribution < -0.4 is 5.32 Å². The molecular formula is C26H19F3N4OS. The Labute approximate surface area is 204 Å². The van der Waals surface area contributed by atoms with Gasteiger partial charge in [0.25, 0.3) is 5.89 Å². The number of nitrogens with zero attached hydrogens (tertiary/aromatic N) is 3. The Hall–Kier alpha value is -3.98. The fraction of sp³-hybridized carbons (Fsp3) is 0.115. The van der Waals surface area contributed by atoms with Crippen molar-refractivity contribution in [2.45, 2.75) is 19.5 Å². The van der Waals surface area contributed by atoms with Crippen molar-refractivity contribution < 1.29 is 17.7 Å². The van der Waals surface area contributed by atoms with Gasteiger partial charge in [0, 0.05) is 17.8 Å². The van der Waals surface area contributed by atoms with Crippen molar-refractivity contribution >= 4 is 22.9 Å². The zero-order valence-electron chi connectivity index (χ0n) is 18.5. The predicted molar refractivity (Wildman–Crippen MR) is 129 cm³/mol. The maximum Gasteiger partial charge on any atom is 0.258 e. The third kappa shape index (κ3) is 4.67. The number of rotatable bonds is 5. The van der Waals surface area contributed by atoms with Gasteiger partial charge in [-0.2, -0.15) is 4.98 Å². The molecule has 0 aliphatic carbocycles. The predicted octanol–water partition coefficient (Wildman–Crippen LogP) is 6.02. The van der Waals surface area contributed by atoms with E-state index in [1.165, 1.54) is 36.4 Å². The molecule has 9 heteroatoms. The Balaban J connectivity index is 1.59. The first kappa shape index (κ1) is 22.8. The molecule has 0 radical (unpaired) electrons. The lowest BCUT2D eigenvalue weighted by Crippen LogP contribution is -2.45. The van der Waals surface area contributed by atoms with Gasteiger partial charge in [0.2, 0.25) is 5.82 Å². The van der Waals surface area contributed by atoms with Crippen molar-refractivity contribution in [1.82, 2.24) is 20.4 Å². The van der Waals surface area contributed by atoms with Crippen LogP contribution in [0.4, 0.5) is 13.2 Å². The number of thiocarbonyl (C=S) groups is 1. The molecule has 2 heterocycles. The Bertz CT molecular complexity index is 1420. The van der Waals surface area contributed by atoms with Crippen LogP contribution in [0.25, 0.3) is 17.0 Å². The fourth-order valence-electron chi connectivity index (χ4n) is 4.01. The smallest absolute Gasteiger partial charge is 0.258 e. The number of allylic oxidation sites excluding steroid dienone is 1. The molecule has 35 heavy (non-hydrogen) atoms. The van der Waals surface area contributed by atoms with E-state index >= 15 is 0 Å². The average Bonchev–Trinajstić information content (AvgIpc) is 3.33. The van der Waals surface area contributed by atoms with Gasteiger partial charge in [-0.05, 0) is 78.8 Å². The summed E-state index contributed by atoms with van der Waals surface area (Å²) in [7, 11) is 0. The van der Waals surface area contributed by atoms with E-state index in [-0.39, 0.29) is 23.3 Å². The van der Waals surface area contributed by atoms with E-state index < -0.39 is 11.9 Å². The van der Waals surface area contributed by atoms with Gasteiger partial charge in [-0.1, -0.05) is 29.4 Å². The summed E-state index contributed by atoms with van der Waals surface area (Å²) < 4.78 is 46.5. The van der Waals surface area contributed by atoms with Gasteiger partial charge < -0.3 is 14.7 Å². The summed E-state index contributed by atoms with van der Waals surface area (Å²) in [6, 6.07) is 17.5. The standard InChI is InChI=1S/C26H19F3N4OS/c1-15-22(25-31-24(32-34-25)17-7-11-20(28)12-8-17)23(18-3-2-4-21(29)13-18)30-26(35)33(15)14-16-5-9-19(27)10-6-16/h2-13,23H,14H2,1H3,(H,30,35). The summed E-state index contributed by atoms with van der Waals surface area (Å²) in [5.74, 6) is -0.583. The molecule has 5 rings (SSSR count). The van der Waals surface area contributed by atoms with Gasteiger partial charge in [-0.3, -0.25) is 0 Å². The molecular weight excluding hydrogens is 473 g/mol. The van der Waals surface area contributed by atoms with Crippen LogP contribution >= 0.6 is 12.2 Å². The zero-order valence-corrected chi connectivity index (χ0v) is 19.3. The molecule has 1 aromatic heterocycles. The summed E-state index contributed by atoms with van der Waals surface area (Å²) in [6.45, 7) is 2.23. The molecule has 1 aliphatic heterocycles. The molecule has 1 atom stereocenters. The second-order valence-electron chi connectivity index (χ2n) is 8.08. The SMILES string of the molecule is CC1=C(c2nc(-c3ccc(F)cc3)no2)C(c2cccc(F)c2)NC(=S)N1Cc1ccc(F)cc1. The normalized spacial score (nSPS) is 15.9. The zero-order chi connectivity index (χ0) is 24.5. The number of aromatic nitrogens is 2. The summed E-state index contributed by atoms with van der Waals surface area (Å²) in [5, 5.41) is 7.75. The van der Waals surface area contributed by atoms with Crippen LogP contribution in [0.1, 0.15) is 30.0 Å². The minimum absolute atomic E-state index is 0.218. The lowest BCUT2D eigenvalue weighted by molar-refractivity contribution is 0.396. The van der Waals surface area contributed by atoms with Crippen molar-refractivity contribution in [3.05, 3.63) is 113 Å². The lowest BCUT2D eigenvalue weighted by atomic mass is 9.94. The molecule has 5 nitrogen and oxygen atoms in total. The fourth-order valence-corrected chi connectivity index (χ4v) is 4.33. The molecule has 0 spiro atoms. The van der Waals surface area contributed by atoms with E-state index in [1.54, 1.807) is 36.4 Å². The van der Waals surface area contributed by atoms with E-state index in [0.717, 1.165) is 11.3 Å². The van der Waals surface area contributed by atoms with Crippen LogP contribution in [-0.4, -0.2) is 20.2 Å². The van der Waals surface area contributed by atoms with Crippen LogP contribution in [0.15, 0.2) is 83.0 Å². The van der Waals surface area contributed by atoms with Gasteiger partial charge in [-0.25, -0.2) is 13.2 Å². The Morgan fingerprint density at radius 2 is 1.63 bits per heavy atom. The number of hydrogen-bond acceptors (Lipinski definition) is 4. The van der Waals surface area contributed by atoms with Crippen LogP contribution in [0.5, 0.6) is 0 Å². The van der Waals surface area contributed by atoms with Crippen LogP contribution in [-0.2, 0) is 6.54 Å². The molecule has 1 unspecified atom stereocenters. The molecule has 0 bridgehead atoms. The minimum Gasteiger partial charge on any atom is -0.351 e. The lowest BCUT2D eigenvalue weighted by Gasteiger charge is -2.37. The summed E-state index contributed by atoms with van der Waals surface area (Å²) in [5.41, 5.74) is 3.40. The maximum absolute atomic E-state index is 14.1. The highest BCUT2D eigenvalue weighted by Gasteiger charge is 2.34. The van der Waals surface area contributed by atoms with Crippen LogP contribution in [0.2, 0.25) is 0 Å². The number of hydrogen-bond donors (Lipinski definition) is 1. The molecule has 1 N–H and O–H groups in total. The van der Waals surface area contributed by atoms with E-state index in [1.807, 2.05) is 11.8 Å². The summed E-state index contributed by atoms with van der Waals surface area (Å²) in [4.78, 5) is 6.39. The average molecular weight is 493 g/mol. The maximum atomic E-state index is 14.1. The quantitative estimate of drug-likeness (QED) is 0.344. The highest BCUT2D eigenvalue weighted by molar-refractivity contribution is 7.80. The van der Waals surface area contributed by atoms with Gasteiger partial charge in [-0.15, -0.1) is 0 Å². The molecule has 3 aromatic carbocycles. The second kappa shape index (κ2) is 9.34. The van der Waals surface area contributed by atoms with Gasteiger partial charge in [0.05, 0.1) is 11.6 Å². The van der Waals surface area contributed by atoms with Crippen LogP contribution in [0.3, 0.4) is 0 Å². The van der Waals surface area contributed by atoms with Gasteiger partial charge in [0.1, 0.15) is 17.5 Å². The van der Waals surface area contributed by atoms with Crippen molar-refractivity contribution in [1.29, 1.82) is 0 Å². The second-order valence-corrected chi connectivity index (χ2v) is 8.47. The largest absolute Gasteiger partial charge is 0.351 e. The third-order valence-electron chi connectivity index (χ3n) is 5.79. The van der Waals surface area contributed by atoms with Crippen LogP contribution in [0, 0.1) is 17.5 Å². The Kier molecular flexibility index (Phi) is 6.08. The highest BCUT2D eigenvalue weighted by atomic mass is 32.1. The molecule has 0 saturated heterocycles. The van der Waals surface area contributed by atoms with E-state index in [4.69, 9.17) is 16.7 Å². The van der Waals surface area contributed by atoms with Crippen molar-refractivity contribution in [3.63, 3.8) is 0 Å². The third-order valence-corrected chi connectivity index (χ3v) is 6.13. The molecule has 0 saturated carbocycles. The first-order chi connectivity index (χ1) is 16.9. The van der Waals surface area contributed by atoms with E-state index in [0.29, 0.717) is 28.4 Å². The van der Waals surface area contributed by atoms with Crippen molar-refractivity contribution in [2.24, 2.45) is 0 Å². The number of halogens is 3. The van der Waals surface area contributed by atoms with E-state index in [2.05, 4.69) is 15.5 Å². The molecule has 0 amide bonds. The van der Waals surface area contributed by atoms with E-state index in [9.17, 15) is 13.2 Å². The molecule has 176 valence electrons. The van der Waals surface area contributed by atoms with Gasteiger partial charge in [0.15, 0.2) is 5.11 Å². The highest BCUT2D eigenvalue weighted by Crippen LogP contribution is 2.38. The number of nitrogens with one attached hydrogen (secondary N) is 1. The first-order valence-corrected chi connectivity index (χ1v) is 11.2. The molecule has 1 aliphatic rings. The molecule has 0 fully saturated rings. The Morgan fingerprint density at radius 3 is 2.31 bits per heavy atom. The van der Waals surface area contributed by atoms with Gasteiger partial charge >= 0.3 is 0 Å². The topological polar surface area (TPSA) is 54.2 Å².